The fourth-order valence-electron chi connectivity index (χ4n) is 5.49. The van der Waals surface area contributed by atoms with Gasteiger partial charge >= 0.3 is 5.97 Å². The topological polar surface area (TPSA) is 156 Å². The number of hydrogen-bond acceptors (Lipinski definition) is 11. The molecule has 0 radical (unpaired) electrons. The van der Waals surface area contributed by atoms with Crippen LogP contribution in [0.25, 0.3) is 10.8 Å². The third kappa shape index (κ3) is 6.00. The first-order valence-electron chi connectivity index (χ1n) is 13.6. The fraction of sp³-hybridized carbons (Fsp3) is 0.517. The number of anilines is 2. The molecule has 12 heteroatoms. The highest BCUT2D eigenvalue weighted by atomic mass is 32.2. The van der Waals surface area contributed by atoms with Crippen molar-refractivity contribution in [1.82, 2.24) is 15.0 Å². The lowest BCUT2D eigenvalue weighted by Gasteiger charge is -2.36. The molecule has 5 rings (SSSR count). The van der Waals surface area contributed by atoms with Gasteiger partial charge in [0.1, 0.15) is 33.2 Å². The molecule has 0 amide bonds. The number of methoxy groups -OCH3 is 1. The number of rotatable bonds is 9. The summed E-state index contributed by atoms with van der Waals surface area (Å²) in [5.74, 6) is 1.24. The quantitative estimate of drug-likeness (QED) is 0.353. The van der Waals surface area contributed by atoms with E-state index in [9.17, 15) is 13.2 Å². The minimum Gasteiger partial charge on any atom is -0.474 e. The average molecular weight is 584 g/mol. The number of carbonyl (C=O) groups excluding carboxylic acids is 1. The molecule has 4 heterocycles. The van der Waals surface area contributed by atoms with Crippen molar-refractivity contribution in [2.75, 3.05) is 31.0 Å². The monoisotopic (exact) mass is 583 g/mol. The van der Waals surface area contributed by atoms with Crippen molar-refractivity contribution in [2.24, 2.45) is 11.7 Å². The lowest BCUT2D eigenvalue weighted by atomic mass is 9.84. The molecule has 3 aromatic heterocycles. The zero-order valence-corrected chi connectivity index (χ0v) is 25.0. The van der Waals surface area contributed by atoms with Crippen LogP contribution in [0.1, 0.15) is 68.1 Å². The third-order valence-electron chi connectivity index (χ3n) is 8.01. The highest BCUT2D eigenvalue weighted by Gasteiger charge is 2.40. The predicted octanol–water partition coefficient (Wildman–Crippen LogP) is 3.84. The Balaban J connectivity index is 1.46. The Morgan fingerprint density at radius 1 is 1.17 bits per heavy atom. The highest BCUT2D eigenvalue weighted by Crippen LogP contribution is 2.39. The van der Waals surface area contributed by atoms with Gasteiger partial charge in [-0.25, -0.2) is 28.2 Å². The van der Waals surface area contributed by atoms with E-state index < -0.39 is 21.0 Å². The number of fused-ring (bicyclic) bond motifs is 2. The minimum absolute atomic E-state index is 0.0859. The van der Waals surface area contributed by atoms with E-state index in [0.717, 1.165) is 10.9 Å². The van der Waals surface area contributed by atoms with Gasteiger partial charge in [0.05, 0.1) is 34.5 Å². The Morgan fingerprint density at radius 2 is 1.90 bits per heavy atom. The lowest BCUT2D eigenvalue weighted by molar-refractivity contribution is -0.0189. The van der Waals surface area contributed by atoms with Crippen LogP contribution in [0.2, 0.25) is 0 Å². The fourth-order valence-corrected chi connectivity index (χ4v) is 6.62. The molecule has 11 nitrogen and oxygen atoms in total. The molecule has 1 aliphatic heterocycles. The van der Waals surface area contributed by atoms with Crippen molar-refractivity contribution in [1.29, 1.82) is 0 Å². The predicted molar refractivity (Wildman–Crippen MR) is 155 cm³/mol. The molecule has 0 spiro atoms. The van der Waals surface area contributed by atoms with Crippen LogP contribution < -0.4 is 15.8 Å². The Morgan fingerprint density at radius 3 is 2.59 bits per heavy atom. The molecule has 3 N–H and O–H groups in total. The van der Waals surface area contributed by atoms with E-state index in [2.05, 4.69) is 15.3 Å². The smallest absolute Gasteiger partial charge is 0.340 e. The summed E-state index contributed by atoms with van der Waals surface area (Å²) < 4.78 is 40.4. The first-order chi connectivity index (χ1) is 19.2. The summed E-state index contributed by atoms with van der Waals surface area (Å²) in [5.41, 5.74) is 7.01. The number of aromatic nitrogens is 3. The van der Waals surface area contributed by atoms with Crippen LogP contribution in [0.15, 0.2) is 30.6 Å². The van der Waals surface area contributed by atoms with Crippen LogP contribution in [0, 0.1) is 5.92 Å². The molecule has 3 aromatic rings. The number of sulfone groups is 1. The first kappa shape index (κ1) is 29.2. The minimum atomic E-state index is -3.03. The molecule has 0 saturated heterocycles. The standard InChI is InChI=1S/C29H37N5O6S/c1-16-25-19(27(35)40-28(16,2)3)7-8-23(34-25)33-24-11-20-21(12-31-24)26(32-13-22(20)29(4,30)15-38-5)39-18-9-17(10-18)14-41(6,36)37/h7-8,11-13,16-18H,9-10,14-15,30H2,1-6H3,(H,31,33,34)/t16-,17?,18?,29?/m1/s1. The summed E-state index contributed by atoms with van der Waals surface area (Å²) >= 11 is 0. The molecular formula is C29H37N5O6S. The normalized spacial score (nSPS) is 23.2. The molecule has 220 valence electrons. The zero-order valence-electron chi connectivity index (χ0n) is 24.2. The molecule has 41 heavy (non-hydrogen) atoms. The largest absolute Gasteiger partial charge is 0.474 e. The van der Waals surface area contributed by atoms with E-state index in [4.69, 9.17) is 24.9 Å². The van der Waals surface area contributed by atoms with E-state index in [-0.39, 0.29) is 36.3 Å². The Bertz CT molecular complexity index is 1600. The third-order valence-corrected chi connectivity index (χ3v) is 9.09. The van der Waals surface area contributed by atoms with Crippen LogP contribution in [-0.2, 0) is 24.8 Å². The van der Waals surface area contributed by atoms with Gasteiger partial charge in [-0.05, 0) is 63.1 Å². The van der Waals surface area contributed by atoms with Crippen molar-refractivity contribution in [2.45, 2.75) is 63.7 Å². The highest BCUT2D eigenvalue weighted by molar-refractivity contribution is 7.90. The summed E-state index contributed by atoms with van der Waals surface area (Å²) in [7, 11) is -1.44. The molecule has 1 saturated carbocycles. The summed E-state index contributed by atoms with van der Waals surface area (Å²) in [6, 6.07) is 5.31. The second-order valence-corrected chi connectivity index (χ2v) is 14.3. The van der Waals surface area contributed by atoms with Gasteiger partial charge in [-0.3, -0.25) is 0 Å². The van der Waals surface area contributed by atoms with Gasteiger partial charge in [-0.2, -0.15) is 0 Å². The van der Waals surface area contributed by atoms with Crippen molar-refractivity contribution < 1.29 is 27.4 Å². The number of hydrogen-bond donors (Lipinski definition) is 2. The van der Waals surface area contributed by atoms with E-state index in [1.54, 1.807) is 31.6 Å². The maximum atomic E-state index is 12.5. The number of nitrogens with zero attached hydrogens (tertiary/aromatic N) is 3. The Hall–Kier alpha value is -3.35. The van der Waals surface area contributed by atoms with E-state index in [0.29, 0.717) is 47.0 Å². The number of esters is 1. The molecule has 2 aliphatic rings. The van der Waals surface area contributed by atoms with Crippen LogP contribution in [-0.4, -0.2) is 66.8 Å². The van der Waals surface area contributed by atoms with Crippen molar-refractivity contribution in [3.8, 4) is 5.88 Å². The van der Waals surface area contributed by atoms with Crippen molar-refractivity contribution in [3.05, 3.63) is 47.4 Å². The number of ether oxygens (including phenoxy) is 3. The first-order valence-corrected chi connectivity index (χ1v) is 15.7. The number of nitrogens with one attached hydrogen (secondary N) is 1. The van der Waals surface area contributed by atoms with Gasteiger partial charge in [-0.1, -0.05) is 6.92 Å². The summed E-state index contributed by atoms with van der Waals surface area (Å²) in [6.45, 7) is 7.87. The van der Waals surface area contributed by atoms with Crippen LogP contribution >= 0.6 is 0 Å². The molecule has 1 aliphatic carbocycles. The van der Waals surface area contributed by atoms with Gasteiger partial charge in [0.25, 0.3) is 0 Å². The summed E-state index contributed by atoms with van der Waals surface area (Å²) in [5, 5.41) is 4.74. The number of cyclic esters (lactones) is 1. The molecule has 1 unspecified atom stereocenters. The van der Waals surface area contributed by atoms with Gasteiger partial charge in [0, 0.05) is 37.2 Å². The average Bonchev–Trinajstić information content (AvgIpc) is 2.85. The maximum Gasteiger partial charge on any atom is 0.340 e. The zero-order chi connectivity index (χ0) is 29.7. The van der Waals surface area contributed by atoms with Crippen molar-refractivity contribution >= 4 is 38.2 Å². The molecule has 2 atom stereocenters. The Kier molecular flexibility index (Phi) is 7.46. The van der Waals surface area contributed by atoms with Crippen molar-refractivity contribution in [3.63, 3.8) is 0 Å². The maximum absolute atomic E-state index is 12.5. The van der Waals surface area contributed by atoms with Gasteiger partial charge in [0.2, 0.25) is 5.88 Å². The number of nitrogens with two attached hydrogens (primary N) is 1. The molecule has 0 bridgehead atoms. The van der Waals surface area contributed by atoms with Gasteiger partial charge in [0.15, 0.2) is 0 Å². The van der Waals surface area contributed by atoms with E-state index >= 15 is 0 Å². The lowest BCUT2D eigenvalue weighted by Crippen LogP contribution is -2.39. The number of carbonyl (C=O) groups is 1. The van der Waals surface area contributed by atoms with E-state index in [1.807, 2.05) is 33.8 Å². The van der Waals surface area contributed by atoms with Crippen LogP contribution in [0.3, 0.4) is 0 Å². The Labute approximate surface area is 240 Å². The van der Waals surface area contributed by atoms with E-state index in [1.165, 1.54) is 6.26 Å². The van der Waals surface area contributed by atoms with Crippen LogP contribution in [0.5, 0.6) is 5.88 Å². The second kappa shape index (κ2) is 10.5. The SMILES string of the molecule is COCC(C)(N)c1cnc(OC2CC(CS(C)(=O)=O)C2)c2cnc(Nc3ccc4c(n3)[C@@H](C)C(C)(C)OC4=O)cc12. The number of pyridine rings is 3. The molecular weight excluding hydrogens is 546 g/mol. The van der Waals surface area contributed by atoms with Gasteiger partial charge in [-0.15, -0.1) is 0 Å². The molecule has 1 fully saturated rings. The summed E-state index contributed by atoms with van der Waals surface area (Å²) in [6.07, 6.45) is 5.80. The van der Waals surface area contributed by atoms with Crippen LogP contribution in [0.4, 0.5) is 11.6 Å². The summed E-state index contributed by atoms with van der Waals surface area (Å²) in [4.78, 5) is 26.4. The molecule has 0 aromatic carbocycles. The second-order valence-electron chi connectivity index (χ2n) is 12.1. The van der Waals surface area contributed by atoms with Gasteiger partial charge < -0.3 is 25.3 Å².